The zero-order valence-electron chi connectivity index (χ0n) is 21.5. The molecule has 0 saturated carbocycles. The van der Waals surface area contributed by atoms with Crippen molar-refractivity contribution in [3.05, 3.63) is 71.8 Å². The average molecular weight is 553 g/mol. The van der Waals surface area contributed by atoms with Gasteiger partial charge in [-0.05, 0) is 35.4 Å². The number of thioether (sulfide) groups is 2. The van der Waals surface area contributed by atoms with Gasteiger partial charge in [-0.15, -0.1) is 23.5 Å². The molecule has 0 N–H and O–H groups in total. The number of nitrogens with zero attached hydrogens (tertiary/aromatic N) is 2. The van der Waals surface area contributed by atoms with Crippen molar-refractivity contribution in [3.63, 3.8) is 0 Å². The van der Waals surface area contributed by atoms with Crippen LogP contribution in [0.5, 0.6) is 23.0 Å². The Balaban J connectivity index is 1.44. The number of rotatable bonds is 8. The number of methoxy groups -OCH3 is 4. The summed E-state index contributed by atoms with van der Waals surface area (Å²) < 4.78 is 21.8. The first-order valence-corrected chi connectivity index (χ1v) is 14.0. The Morgan fingerprint density at radius 1 is 0.605 bits per heavy atom. The van der Waals surface area contributed by atoms with Crippen molar-refractivity contribution in [1.82, 2.24) is 0 Å². The van der Waals surface area contributed by atoms with Gasteiger partial charge in [0.25, 0.3) is 0 Å². The summed E-state index contributed by atoms with van der Waals surface area (Å²) in [5, 5.41) is -0.399. The van der Waals surface area contributed by atoms with Gasteiger partial charge in [0.1, 0.15) is 33.7 Å². The van der Waals surface area contributed by atoms with Gasteiger partial charge in [0, 0.05) is 12.1 Å². The fraction of sp³-hybridized carbons (Fsp3) is 0.286. The molecule has 0 radical (unpaired) electrons. The zero-order chi connectivity index (χ0) is 26.8. The maximum Gasteiger partial charge on any atom is 0.238 e. The van der Waals surface area contributed by atoms with Gasteiger partial charge in [-0.2, -0.15) is 0 Å². The molecule has 2 atom stereocenters. The van der Waals surface area contributed by atoms with Crippen LogP contribution in [0.3, 0.4) is 0 Å². The van der Waals surface area contributed by atoms with Gasteiger partial charge >= 0.3 is 0 Å². The highest BCUT2D eigenvalue weighted by Gasteiger charge is 2.38. The summed E-state index contributed by atoms with van der Waals surface area (Å²) in [4.78, 5) is 29.5. The topological polar surface area (TPSA) is 77.5 Å². The maximum absolute atomic E-state index is 12.9. The lowest BCUT2D eigenvalue weighted by Crippen LogP contribution is -2.29. The number of amides is 2. The summed E-state index contributed by atoms with van der Waals surface area (Å²) >= 11 is 3.14. The van der Waals surface area contributed by atoms with Crippen LogP contribution in [-0.4, -0.2) is 51.8 Å². The van der Waals surface area contributed by atoms with Gasteiger partial charge < -0.3 is 18.9 Å². The lowest BCUT2D eigenvalue weighted by atomic mass is 10.1. The minimum absolute atomic E-state index is 0.0160. The van der Waals surface area contributed by atoms with Crippen LogP contribution in [0.2, 0.25) is 0 Å². The summed E-state index contributed by atoms with van der Waals surface area (Å²) in [7, 11) is 6.36. The Hall–Kier alpha value is -3.50. The molecular weight excluding hydrogens is 524 g/mol. The van der Waals surface area contributed by atoms with E-state index in [1.165, 1.54) is 0 Å². The van der Waals surface area contributed by atoms with E-state index in [1.807, 2.05) is 48.5 Å². The molecule has 2 amide bonds. The third-order valence-corrected chi connectivity index (χ3v) is 8.96. The number of ether oxygens (including phenoxy) is 4. The normalized spacial score (nSPS) is 19.2. The van der Waals surface area contributed by atoms with Crippen molar-refractivity contribution in [1.29, 1.82) is 0 Å². The molecule has 2 heterocycles. The lowest BCUT2D eigenvalue weighted by Gasteiger charge is -2.28. The van der Waals surface area contributed by atoms with Crippen LogP contribution in [0.15, 0.2) is 60.7 Å². The van der Waals surface area contributed by atoms with E-state index in [4.69, 9.17) is 18.9 Å². The molecule has 0 spiro atoms. The summed E-state index contributed by atoms with van der Waals surface area (Å²) in [5.41, 5.74) is 3.38. The van der Waals surface area contributed by atoms with Gasteiger partial charge in [-0.3, -0.25) is 19.4 Å². The fourth-order valence-electron chi connectivity index (χ4n) is 4.66. The predicted octanol–water partition coefficient (Wildman–Crippen LogP) is 5.28. The Labute approximate surface area is 230 Å². The second-order valence-electron chi connectivity index (χ2n) is 8.60. The van der Waals surface area contributed by atoms with Gasteiger partial charge in [0.15, 0.2) is 0 Å². The standard InChI is InChI=1S/C28H28N2O6S2/c1-33-19-9-11-21(23(13-19)35-3)29-25(31)15-37-27(29)17-5-7-18(8-6-17)28-30(26(32)16-38-28)22-12-10-20(34-2)14-24(22)36-4/h5-14,27-28H,15-16H2,1-4H3. The Bertz CT molecular complexity index is 1250. The molecule has 2 aliphatic heterocycles. The fourth-order valence-corrected chi connectivity index (χ4v) is 6.99. The van der Waals surface area contributed by atoms with Gasteiger partial charge in [-0.25, -0.2) is 0 Å². The monoisotopic (exact) mass is 552 g/mol. The molecule has 3 aromatic rings. The van der Waals surface area contributed by atoms with Crippen molar-refractivity contribution in [2.24, 2.45) is 0 Å². The highest BCUT2D eigenvalue weighted by molar-refractivity contribution is 8.01. The van der Waals surface area contributed by atoms with E-state index in [1.54, 1.807) is 73.9 Å². The Morgan fingerprint density at radius 2 is 1.00 bits per heavy atom. The van der Waals surface area contributed by atoms with E-state index in [2.05, 4.69) is 0 Å². The molecule has 2 saturated heterocycles. The van der Waals surface area contributed by atoms with E-state index in [0.29, 0.717) is 45.9 Å². The van der Waals surface area contributed by atoms with Crippen molar-refractivity contribution >= 4 is 46.7 Å². The Morgan fingerprint density at radius 3 is 1.34 bits per heavy atom. The van der Waals surface area contributed by atoms with E-state index in [9.17, 15) is 9.59 Å². The number of carbonyl (C=O) groups excluding carboxylic acids is 2. The molecule has 2 unspecified atom stereocenters. The molecule has 0 bridgehead atoms. The van der Waals surface area contributed by atoms with Gasteiger partial charge in [-0.1, -0.05) is 24.3 Å². The van der Waals surface area contributed by atoms with Crippen molar-refractivity contribution < 1.29 is 28.5 Å². The van der Waals surface area contributed by atoms with Crippen molar-refractivity contribution in [2.45, 2.75) is 10.7 Å². The van der Waals surface area contributed by atoms with Gasteiger partial charge in [0.05, 0.1) is 51.3 Å². The van der Waals surface area contributed by atoms with Crippen LogP contribution in [0.4, 0.5) is 11.4 Å². The first kappa shape index (κ1) is 26.1. The highest BCUT2D eigenvalue weighted by atomic mass is 32.2. The third kappa shape index (κ3) is 4.74. The van der Waals surface area contributed by atoms with E-state index >= 15 is 0 Å². The molecule has 3 aromatic carbocycles. The molecule has 8 nitrogen and oxygen atoms in total. The lowest BCUT2D eigenvalue weighted by molar-refractivity contribution is -0.116. The summed E-state index contributed by atoms with van der Waals surface area (Å²) in [5.74, 6) is 3.25. The predicted molar refractivity (Wildman–Crippen MR) is 151 cm³/mol. The minimum Gasteiger partial charge on any atom is -0.497 e. The van der Waals surface area contributed by atoms with Crippen LogP contribution in [-0.2, 0) is 9.59 Å². The van der Waals surface area contributed by atoms with Crippen molar-refractivity contribution in [2.75, 3.05) is 49.7 Å². The zero-order valence-corrected chi connectivity index (χ0v) is 23.1. The third-order valence-electron chi connectivity index (χ3n) is 6.54. The minimum atomic E-state index is -0.200. The number of anilines is 2. The second-order valence-corrected chi connectivity index (χ2v) is 10.7. The average Bonchev–Trinajstić information content (AvgIpc) is 3.54. The van der Waals surface area contributed by atoms with Crippen molar-refractivity contribution in [3.8, 4) is 23.0 Å². The molecule has 0 aromatic heterocycles. The molecule has 198 valence electrons. The molecular formula is C28H28N2O6S2. The largest absolute Gasteiger partial charge is 0.497 e. The van der Waals surface area contributed by atoms with Crippen LogP contribution in [0.1, 0.15) is 21.9 Å². The Kier molecular flexibility index (Phi) is 7.62. The summed E-state index contributed by atoms with van der Waals surface area (Å²) in [6.07, 6.45) is 0. The number of hydrogen-bond donors (Lipinski definition) is 0. The van der Waals surface area contributed by atoms with E-state index < -0.39 is 0 Å². The van der Waals surface area contributed by atoms with Crippen LogP contribution in [0.25, 0.3) is 0 Å². The molecule has 0 aliphatic carbocycles. The van der Waals surface area contributed by atoms with Crippen LogP contribution < -0.4 is 28.7 Å². The van der Waals surface area contributed by atoms with Crippen LogP contribution >= 0.6 is 23.5 Å². The molecule has 38 heavy (non-hydrogen) atoms. The summed E-state index contributed by atoms with van der Waals surface area (Å²) in [6, 6.07) is 19.0. The highest BCUT2D eigenvalue weighted by Crippen LogP contribution is 2.48. The number of benzene rings is 3. The molecule has 10 heteroatoms. The van der Waals surface area contributed by atoms with E-state index in [0.717, 1.165) is 11.1 Å². The smallest absolute Gasteiger partial charge is 0.238 e. The second kappa shape index (κ2) is 11.1. The van der Waals surface area contributed by atoms with Gasteiger partial charge in [0.2, 0.25) is 11.8 Å². The maximum atomic E-state index is 12.9. The summed E-state index contributed by atoms with van der Waals surface area (Å²) in [6.45, 7) is 0. The van der Waals surface area contributed by atoms with Crippen LogP contribution in [0, 0.1) is 0 Å². The first-order chi connectivity index (χ1) is 18.5. The number of carbonyl (C=O) groups is 2. The van der Waals surface area contributed by atoms with E-state index in [-0.39, 0.29) is 22.6 Å². The molecule has 5 rings (SSSR count). The molecule has 2 fully saturated rings. The molecule has 2 aliphatic rings. The SMILES string of the molecule is COc1ccc(N2C(=O)CSC2c2ccc(C3SCC(=O)N3c3ccc(OC)cc3OC)cc2)c(OC)c1. The first-order valence-electron chi connectivity index (χ1n) is 11.9. The quantitative estimate of drug-likeness (QED) is 0.374. The number of hydrogen-bond acceptors (Lipinski definition) is 8.